The van der Waals surface area contributed by atoms with E-state index < -0.39 is 10.0 Å². The fourth-order valence-corrected chi connectivity index (χ4v) is 5.56. The van der Waals surface area contributed by atoms with E-state index in [1.165, 1.54) is 22.5 Å². The van der Waals surface area contributed by atoms with Gasteiger partial charge in [-0.1, -0.05) is 6.07 Å². The van der Waals surface area contributed by atoms with Crippen molar-refractivity contribution < 1.29 is 17.6 Å². The minimum atomic E-state index is -3.64. The Hall–Kier alpha value is -3.01. The van der Waals surface area contributed by atoms with E-state index >= 15 is 0 Å². The third-order valence-corrected chi connectivity index (χ3v) is 7.85. The number of rotatable bonds is 5. The number of hydrogen-bond acceptors (Lipinski definition) is 4. The Morgan fingerprint density at radius 3 is 2.30 bits per heavy atom. The second-order valence-electron chi connectivity index (χ2n) is 8.29. The molecule has 0 bridgehead atoms. The van der Waals surface area contributed by atoms with Crippen molar-refractivity contribution in [3.63, 3.8) is 0 Å². The Balaban J connectivity index is 1.56. The summed E-state index contributed by atoms with van der Waals surface area (Å²) in [6, 6.07) is 14.2. The van der Waals surface area contributed by atoms with Crippen LogP contribution in [-0.2, 0) is 10.0 Å². The van der Waals surface area contributed by atoms with Gasteiger partial charge >= 0.3 is 0 Å². The van der Waals surface area contributed by atoms with Gasteiger partial charge in [-0.05, 0) is 69.4 Å². The predicted molar refractivity (Wildman–Crippen MR) is 126 cm³/mol. The van der Waals surface area contributed by atoms with Crippen molar-refractivity contribution in [3.05, 3.63) is 77.4 Å². The fraction of sp³-hybridized carbons (Fsp3) is 0.292. The first-order valence-electron chi connectivity index (χ1n) is 10.7. The van der Waals surface area contributed by atoms with Crippen molar-refractivity contribution in [2.24, 2.45) is 0 Å². The molecule has 0 aliphatic carbocycles. The number of amides is 1. The maximum absolute atomic E-state index is 13.3. The summed E-state index contributed by atoms with van der Waals surface area (Å²) in [6.45, 7) is 5.92. The molecule has 1 saturated heterocycles. The Labute approximate surface area is 193 Å². The van der Waals surface area contributed by atoms with E-state index in [-0.39, 0.29) is 16.6 Å². The van der Waals surface area contributed by atoms with E-state index in [0.717, 1.165) is 11.4 Å². The number of piperazine rings is 1. The molecule has 1 fully saturated rings. The summed E-state index contributed by atoms with van der Waals surface area (Å²) in [5, 5.41) is 2.82. The number of carbonyl (C=O) groups is 1. The molecule has 1 aliphatic rings. The van der Waals surface area contributed by atoms with Crippen molar-refractivity contribution in [1.82, 2.24) is 13.8 Å². The molecule has 1 N–H and O–H groups in total. The lowest BCUT2D eigenvalue weighted by Gasteiger charge is -2.31. The lowest BCUT2D eigenvalue weighted by Crippen LogP contribution is -2.47. The lowest BCUT2D eigenvalue weighted by atomic mass is 10.2. The van der Waals surface area contributed by atoms with Gasteiger partial charge < -0.3 is 14.8 Å². The second kappa shape index (κ2) is 9.09. The van der Waals surface area contributed by atoms with Crippen LogP contribution < -0.4 is 5.32 Å². The lowest BCUT2D eigenvalue weighted by molar-refractivity contribution is 0.102. The van der Waals surface area contributed by atoms with Crippen LogP contribution in [0.5, 0.6) is 0 Å². The molecule has 174 valence electrons. The van der Waals surface area contributed by atoms with Gasteiger partial charge in [-0.2, -0.15) is 4.31 Å². The molecule has 0 spiro atoms. The third-order valence-electron chi connectivity index (χ3n) is 5.95. The molecule has 0 unspecified atom stereocenters. The van der Waals surface area contributed by atoms with Crippen molar-refractivity contribution >= 4 is 21.6 Å². The van der Waals surface area contributed by atoms with Gasteiger partial charge in [-0.25, -0.2) is 12.8 Å². The van der Waals surface area contributed by atoms with E-state index in [1.54, 1.807) is 36.4 Å². The Morgan fingerprint density at radius 2 is 1.64 bits per heavy atom. The number of benzene rings is 2. The normalized spacial score (nSPS) is 15.5. The molecule has 9 heteroatoms. The number of carbonyl (C=O) groups excluding carboxylic acids is 1. The van der Waals surface area contributed by atoms with E-state index in [2.05, 4.69) is 10.2 Å². The highest BCUT2D eigenvalue weighted by molar-refractivity contribution is 7.89. The molecule has 2 heterocycles. The third kappa shape index (κ3) is 4.71. The van der Waals surface area contributed by atoms with Crippen molar-refractivity contribution in [1.29, 1.82) is 0 Å². The van der Waals surface area contributed by atoms with Gasteiger partial charge in [-0.15, -0.1) is 0 Å². The van der Waals surface area contributed by atoms with E-state index in [1.807, 2.05) is 25.5 Å². The highest BCUT2D eigenvalue weighted by Gasteiger charge is 2.27. The van der Waals surface area contributed by atoms with Gasteiger partial charge in [0.25, 0.3) is 5.91 Å². The van der Waals surface area contributed by atoms with E-state index in [9.17, 15) is 17.6 Å². The monoisotopic (exact) mass is 470 g/mol. The molecule has 4 rings (SSSR count). The largest absolute Gasteiger partial charge is 0.322 e. The van der Waals surface area contributed by atoms with Gasteiger partial charge in [0.15, 0.2) is 0 Å². The van der Waals surface area contributed by atoms with Gasteiger partial charge in [0.2, 0.25) is 10.0 Å². The smallest absolute Gasteiger partial charge is 0.257 e. The zero-order chi connectivity index (χ0) is 23.8. The second-order valence-corrected chi connectivity index (χ2v) is 10.2. The molecule has 7 nitrogen and oxygen atoms in total. The molecule has 0 saturated carbocycles. The number of aromatic nitrogens is 1. The number of nitrogens with one attached hydrogen (secondary N) is 1. The number of anilines is 1. The van der Waals surface area contributed by atoms with Crippen LogP contribution in [0.3, 0.4) is 0 Å². The molecular formula is C24H27FN4O3S. The highest BCUT2D eigenvalue weighted by atomic mass is 32.2. The van der Waals surface area contributed by atoms with Crippen LogP contribution in [0.15, 0.2) is 59.5 Å². The van der Waals surface area contributed by atoms with E-state index in [4.69, 9.17) is 0 Å². The summed E-state index contributed by atoms with van der Waals surface area (Å²) in [7, 11) is -1.67. The van der Waals surface area contributed by atoms with Crippen LogP contribution >= 0.6 is 0 Å². The number of likely N-dealkylation sites (N-methyl/N-ethyl adjacent to an activating group) is 1. The van der Waals surface area contributed by atoms with Crippen LogP contribution in [0.4, 0.5) is 10.1 Å². The number of aryl methyl sites for hydroxylation is 1. The molecule has 0 radical (unpaired) electrons. The van der Waals surface area contributed by atoms with Crippen LogP contribution in [0.1, 0.15) is 21.7 Å². The maximum Gasteiger partial charge on any atom is 0.257 e. The molecule has 3 aromatic rings. The van der Waals surface area contributed by atoms with Crippen LogP contribution in [-0.4, -0.2) is 61.3 Å². The first-order valence-corrected chi connectivity index (χ1v) is 12.2. The highest BCUT2D eigenvalue weighted by Crippen LogP contribution is 2.24. The average molecular weight is 471 g/mol. The summed E-state index contributed by atoms with van der Waals surface area (Å²) in [5.41, 5.74) is 3.16. The molecular weight excluding hydrogens is 443 g/mol. The maximum atomic E-state index is 13.3. The Morgan fingerprint density at radius 1 is 0.970 bits per heavy atom. The zero-order valence-electron chi connectivity index (χ0n) is 18.9. The number of halogens is 1. The first-order chi connectivity index (χ1) is 15.7. The minimum Gasteiger partial charge on any atom is -0.322 e. The van der Waals surface area contributed by atoms with Crippen LogP contribution in [0.2, 0.25) is 0 Å². The number of nitrogens with zero attached hydrogens (tertiary/aromatic N) is 3. The van der Waals surface area contributed by atoms with Gasteiger partial charge in [0, 0.05) is 48.9 Å². The molecule has 1 aliphatic heterocycles. The van der Waals surface area contributed by atoms with Gasteiger partial charge in [-0.3, -0.25) is 4.79 Å². The SMILES string of the molecule is Cc1cc(C(=O)Nc2cccc(S(=O)(=O)N3CCN(C)CC3)c2)c(C)n1-c1ccc(F)cc1. The molecule has 1 aromatic heterocycles. The summed E-state index contributed by atoms with van der Waals surface area (Å²) in [5.74, 6) is -0.670. The summed E-state index contributed by atoms with van der Waals surface area (Å²) >= 11 is 0. The summed E-state index contributed by atoms with van der Waals surface area (Å²) in [4.78, 5) is 15.3. The Bertz CT molecular complexity index is 1280. The predicted octanol–water partition coefficient (Wildman–Crippen LogP) is 3.42. The van der Waals surface area contributed by atoms with Crippen LogP contribution in [0, 0.1) is 19.7 Å². The quantitative estimate of drug-likeness (QED) is 0.620. The topological polar surface area (TPSA) is 74.7 Å². The van der Waals surface area contributed by atoms with E-state index in [0.29, 0.717) is 43.1 Å². The van der Waals surface area contributed by atoms with Crippen molar-refractivity contribution in [2.45, 2.75) is 18.7 Å². The zero-order valence-corrected chi connectivity index (χ0v) is 19.7. The van der Waals surface area contributed by atoms with Crippen molar-refractivity contribution in [2.75, 3.05) is 38.5 Å². The summed E-state index contributed by atoms with van der Waals surface area (Å²) in [6.07, 6.45) is 0. The fourth-order valence-electron chi connectivity index (χ4n) is 4.09. The first kappa shape index (κ1) is 23.2. The average Bonchev–Trinajstić information content (AvgIpc) is 3.09. The molecule has 1 amide bonds. The standard InChI is InChI=1S/C24H27FN4O3S/c1-17-15-23(18(2)29(17)21-9-7-19(25)8-10-21)24(30)26-20-5-4-6-22(16-20)33(31,32)28-13-11-27(3)12-14-28/h4-10,15-16H,11-14H2,1-3H3,(H,26,30). The number of hydrogen-bond donors (Lipinski definition) is 1. The number of sulfonamides is 1. The van der Waals surface area contributed by atoms with Gasteiger partial charge in [0.05, 0.1) is 10.5 Å². The molecule has 33 heavy (non-hydrogen) atoms. The van der Waals surface area contributed by atoms with Crippen LogP contribution in [0.25, 0.3) is 5.69 Å². The Kier molecular flexibility index (Phi) is 6.38. The van der Waals surface area contributed by atoms with Gasteiger partial charge in [0.1, 0.15) is 5.82 Å². The van der Waals surface area contributed by atoms with Crippen molar-refractivity contribution in [3.8, 4) is 5.69 Å². The minimum absolute atomic E-state index is 0.154. The summed E-state index contributed by atoms with van der Waals surface area (Å²) < 4.78 is 42.8. The molecule has 2 aromatic carbocycles. The molecule has 0 atom stereocenters.